The van der Waals surface area contributed by atoms with Crippen molar-refractivity contribution >= 4 is 17.6 Å². The van der Waals surface area contributed by atoms with E-state index >= 15 is 0 Å². The van der Waals surface area contributed by atoms with E-state index in [0.29, 0.717) is 5.56 Å². The van der Waals surface area contributed by atoms with E-state index < -0.39 is 23.3 Å². The summed E-state index contributed by atoms with van der Waals surface area (Å²) in [5, 5.41) is 19.8. The normalized spacial score (nSPS) is 9.60. The average Bonchev–Trinajstić information content (AvgIpc) is 2.36. The highest BCUT2D eigenvalue weighted by molar-refractivity contribution is 6.00. The number of nitrogens with zero attached hydrogens (tertiary/aromatic N) is 2. The van der Waals surface area contributed by atoms with Crippen LogP contribution in [0.15, 0.2) is 18.2 Å². The Hall–Kier alpha value is -2.88. The van der Waals surface area contributed by atoms with Gasteiger partial charge in [0, 0.05) is 5.56 Å². The molecule has 0 saturated carbocycles. The Kier molecular flexibility index (Phi) is 4.81. The number of benzene rings is 1. The zero-order valence-electron chi connectivity index (χ0n) is 10.7. The van der Waals surface area contributed by atoms with E-state index in [4.69, 9.17) is 11.5 Å². The van der Waals surface area contributed by atoms with Crippen molar-refractivity contribution in [3.8, 4) is 12.3 Å². The predicted molar refractivity (Wildman–Crippen MR) is 70.2 cm³/mol. The number of para-hydroxylation sites is 1. The molecule has 0 atom stereocenters. The van der Waals surface area contributed by atoms with E-state index in [1.807, 2.05) is 0 Å². The molecule has 0 aliphatic carbocycles. The Bertz CT molecular complexity index is 603. The van der Waals surface area contributed by atoms with Crippen LogP contribution in [0.2, 0.25) is 0 Å². The maximum absolute atomic E-state index is 12.2. The number of aryl methyl sites for hydroxylation is 1. The van der Waals surface area contributed by atoms with Crippen LogP contribution in [0.1, 0.15) is 15.9 Å². The van der Waals surface area contributed by atoms with Gasteiger partial charge in [0.1, 0.15) is 12.1 Å². The third kappa shape index (κ3) is 3.32. The van der Waals surface area contributed by atoms with Gasteiger partial charge in [0.25, 0.3) is 11.6 Å². The zero-order valence-corrected chi connectivity index (χ0v) is 10.7. The van der Waals surface area contributed by atoms with Crippen molar-refractivity contribution in [3.63, 3.8) is 0 Å². The molecule has 1 aromatic rings. The second kappa shape index (κ2) is 6.33. The lowest BCUT2D eigenvalue weighted by Crippen LogP contribution is -2.36. The first-order valence-corrected chi connectivity index (χ1v) is 5.57. The minimum Gasteiger partial charge on any atom is -0.480 e. The monoisotopic (exact) mass is 276 g/mol. The van der Waals surface area contributed by atoms with Crippen molar-refractivity contribution in [2.24, 2.45) is 0 Å². The Balaban J connectivity index is 3.25. The molecule has 20 heavy (non-hydrogen) atoms. The molecule has 0 saturated heterocycles. The van der Waals surface area contributed by atoms with Gasteiger partial charge in [-0.15, -0.1) is 6.42 Å². The summed E-state index contributed by atoms with van der Waals surface area (Å²) in [5.41, 5.74) is -0.201. The number of carboxylic acids is 1. The van der Waals surface area contributed by atoms with Gasteiger partial charge in [0.2, 0.25) is 0 Å². The minimum absolute atomic E-state index is 0.175. The van der Waals surface area contributed by atoms with E-state index in [0.717, 1.165) is 4.90 Å². The molecule has 0 spiro atoms. The van der Waals surface area contributed by atoms with Gasteiger partial charge in [0.05, 0.1) is 11.5 Å². The average molecular weight is 276 g/mol. The van der Waals surface area contributed by atoms with Crippen LogP contribution in [0.5, 0.6) is 0 Å². The number of carbonyl (C=O) groups is 2. The molecule has 0 fully saturated rings. The van der Waals surface area contributed by atoms with Crippen LogP contribution in [0.4, 0.5) is 5.69 Å². The summed E-state index contributed by atoms with van der Waals surface area (Å²) in [6, 6.07) is 4.26. The Labute approximate surface area is 115 Å². The summed E-state index contributed by atoms with van der Waals surface area (Å²) in [4.78, 5) is 34.1. The number of nitro groups is 1. The number of carboxylic acid groups (broad SMARTS) is 1. The lowest BCUT2D eigenvalue weighted by Gasteiger charge is -2.18. The molecule has 0 aliphatic heterocycles. The van der Waals surface area contributed by atoms with Crippen molar-refractivity contribution in [2.75, 3.05) is 13.1 Å². The van der Waals surface area contributed by atoms with Crippen LogP contribution in [0.3, 0.4) is 0 Å². The predicted octanol–water partition coefficient (Wildman–Crippen LogP) is 1.06. The second-order valence-corrected chi connectivity index (χ2v) is 3.99. The summed E-state index contributed by atoms with van der Waals surface area (Å²) in [7, 11) is 0. The number of hydrogen-bond acceptors (Lipinski definition) is 4. The largest absolute Gasteiger partial charge is 0.480 e. The maximum atomic E-state index is 12.2. The molecule has 0 aromatic heterocycles. The first-order chi connectivity index (χ1) is 9.38. The molecular formula is C13H12N2O5. The van der Waals surface area contributed by atoms with Gasteiger partial charge in [-0.3, -0.25) is 19.7 Å². The third-order valence-corrected chi connectivity index (χ3v) is 2.55. The molecule has 7 nitrogen and oxygen atoms in total. The van der Waals surface area contributed by atoms with Crippen molar-refractivity contribution in [1.82, 2.24) is 4.90 Å². The molecular weight excluding hydrogens is 264 g/mol. The van der Waals surface area contributed by atoms with Gasteiger partial charge in [-0.1, -0.05) is 18.1 Å². The smallest absolute Gasteiger partial charge is 0.323 e. The Morgan fingerprint density at radius 1 is 1.50 bits per heavy atom. The second-order valence-electron chi connectivity index (χ2n) is 3.99. The number of terminal acetylenes is 1. The molecule has 0 bridgehead atoms. The summed E-state index contributed by atoms with van der Waals surface area (Å²) in [6.45, 7) is 0.641. The SMILES string of the molecule is C#CCN(CC(=O)O)C(=O)c1cccc(C)c1[N+](=O)[O-]. The summed E-state index contributed by atoms with van der Waals surface area (Å²) >= 11 is 0. The molecule has 0 aliphatic rings. The first kappa shape index (κ1) is 15.2. The number of amides is 1. The fourth-order valence-electron chi connectivity index (χ4n) is 1.72. The van der Waals surface area contributed by atoms with Crippen LogP contribution in [0.25, 0.3) is 0 Å². The van der Waals surface area contributed by atoms with Crippen molar-refractivity contribution in [1.29, 1.82) is 0 Å². The van der Waals surface area contributed by atoms with Crippen LogP contribution >= 0.6 is 0 Å². The number of carbonyl (C=O) groups excluding carboxylic acids is 1. The zero-order chi connectivity index (χ0) is 15.3. The molecule has 1 amide bonds. The number of aliphatic carboxylic acids is 1. The Morgan fingerprint density at radius 3 is 2.65 bits per heavy atom. The molecule has 104 valence electrons. The maximum Gasteiger partial charge on any atom is 0.323 e. The molecule has 1 rings (SSSR count). The van der Waals surface area contributed by atoms with Gasteiger partial charge < -0.3 is 10.0 Å². The molecule has 0 heterocycles. The summed E-state index contributed by atoms with van der Waals surface area (Å²) < 4.78 is 0. The van der Waals surface area contributed by atoms with E-state index in [-0.39, 0.29) is 17.8 Å². The quantitative estimate of drug-likeness (QED) is 0.492. The first-order valence-electron chi connectivity index (χ1n) is 5.57. The molecule has 0 radical (unpaired) electrons. The lowest BCUT2D eigenvalue weighted by atomic mass is 10.1. The van der Waals surface area contributed by atoms with Crippen LogP contribution in [-0.4, -0.2) is 39.9 Å². The highest BCUT2D eigenvalue weighted by atomic mass is 16.6. The van der Waals surface area contributed by atoms with Crippen molar-refractivity contribution in [2.45, 2.75) is 6.92 Å². The highest BCUT2D eigenvalue weighted by Crippen LogP contribution is 2.24. The molecule has 1 aromatic carbocycles. The topological polar surface area (TPSA) is 101 Å². The number of nitro benzene ring substituents is 1. The molecule has 1 N–H and O–H groups in total. The highest BCUT2D eigenvalue weighted by Gasteiger charge is 2.26. The minimum atomic E-state index is -1.25. The van der Waals surface area contributed by atoms with Crippen LogP contribution in [-0.2, 0) is 4.79 Å². The van der Waals surface area contributed by atoms with E-state index in [9.17, 15) is 19.7 Å². The lowest BCUT2D eigenvalue weighted by molar-refractivity contribution is -0.385. The molecule has 0 unspecified atom stereocenters. The standard InChI is InChI=1S/C13H12N2O5/c1-3-7-14(8-11(16)17)13(18)10-6-4-5-9(2)12(10)15(19)20/h1,4-6H,7-8H2,2H3,(H,16,17). The van der Waals surface area contributed by atoms with Crippen LogP contribution in [0, 0.1) is 29.4 Å². The van der Waals surface area contributed by atoms with Gasteiger partial charge in [-0.05, 0) is 13.0 Å². The fraction of sp³-hybridized carbons (Fsp3) is 0.231. The van der Waals surface area contributed by atoms with E-state index in [1.54, 1.807) is 0 Å². The summed E-state index contributed by atoms with van der Waals surface area (Å²) in [6.07, 6.45) is 5.08. The van der Waals surface area contributed by atoms with E-state index in [2.05, 4.69) is 5.92 Å². The molecule has 7 heteroatoms. The number of hydrogen-bond donors (Lipinski definition) is 1. The van der Waals surface area contributed by atoms with Gasteiger partial charge in [-0.2, -0.15) is 0 Å². The van der Waals surface area contributed by atoms with Gasteiger partial charge in [-0.25, -0.2) is 0 Å². The number of rotatable bonds is 5. The van der Waals surface area contributed by atoms with Gasteiger partial charge in [0.15, 0.2) is 0 Å². The van der Waals surface area contributed by atoms with E-state index in [1.165, 1.54) is 25.1 Å². The Morgan fingerprint density at radius 2 is 2.15 bits per heavy atom. The van der Waals surface area contributed by atoms with Crippen molar-refractivity contribution in [3.05, 3.63) is 39.4 Å². The summed E-state index contributed by atoms with van der Waals surface area (Å²) in [5.74, 6) is 0.136. The fourth-order valence-corrected chi connectivity index (χ4v) is 1.72. The van der Waals surface area contributed by atoms with Crippen molar-refractivity contribution < 1.29 is 19.6 Å². The van der Waals surface area contributed by atoms with Crippen LogP contribution < -0.4 is 0 Å². The van der Waals surface area contributed by atoms with Gasteiger partial charge >= 0.3 is 5.97 Å². The third-order valence-electron chi connectivity index (χ3n) is 2.55.